The molecular weight excluding hydrogens is 450 g/mol. The summed E-state index contributed by atoms with van der Waals surface area (Å²) >= 11 is 0. The number of amides is 2. The molecule has 1 saturated heterocycles. The second-order valence-electron chi connectivity index (χ2n) is 13.3. The number of nitrogens with zero attached hydrogens (tertiary/aromatic N) is 1. The normalized spacial score (nSPS) is 43.2. The molecular formula is C31H39NO4. The van der Waals surface area contributed by atoms with Crippen LogP contribution in [-0.2, 0) is 14.4 Å². The lowest BCUT2D eigenvalue weighted by molar-refractivity contribution is -0.194. The van der Waals surface area contributed by atoms with Crippen molar-refractivity contribution in [2.45, 2.75) is 73.1 Å². The fraction of sp³-hybridized carbons (Fsp3) is 0.645. The summed E-state index contributed by atoms with van der Waals surface area (Å²) in [6.45, 7) is 10.7. The first-order valence-corrected chi connectivity index (χ1v) is 13.9. The molecule has 8 atom stereocenters. The van der Waals surface area contributed by atoms with Crippen LogP contribution in [0.15, 0.2) is 35.9 Å². The first-order valence-electron chi connectivity index (χ1n) is 13.9. The molecule has 7 rings (SSSR count). The monoisotopic (exact) mass is 489 g/mol. The molecule has 1 aliphatic heterocycles. The van der Waals surface area contributed by atoms with Gasteiger partial charge in [0, 0.05) is 5.41 Å². The number of hydrogen-bond acceptors (Lipinski definition) is 3. The second kappa shape index (κ2) is 7.55. The van der Waals surface area contributed by atoms with Gasteiger partial charge in [0.25, 0.3) is 0 Å². The molecule has 36 heavy (non-hydrogen) atoms. The van der Waals surface area contributed by atoms with E-state index in [9.17, 15) is 19.5 Å². The zero-order valence-corrected chi connectivity index (χ0v) is 22.2. The molecule has 1 aromatic carbocycles. The van der Waals surface area contributed by atoms with E-state index in [1.165, 1.54) is 10.5 Å². The fourth-order valence-electron chi connectivity index (χ4n) is 9.98. The van der Waals surface area contributed by atoms with Crippen LogP contribution in [0.3, 0.4) is 0 Å². The number of carbonyl (C=O) groups excluding carboxylic acids is 2. The van der Waals surface area contributed by atoms with E-state index >= 15 is 0 Å². The van der Waals surface area contributed by atoms with Crippen LogP contribution >= 0.6 is 0 Å². The van der Waals surface area contributed by atoms with Crippen molar-refractivity contribution in [3.05, 3.63) is 41.5 Å². The molecule has 1 heterocycles. The number of aliphatic carboxylic acids is 1. The largest absolute Gasteiger partial charge is 0.481 e. The molecule has 2 amide bonds. The number of benzene rings is 1. The Morgan fingerprint density at radius 3 is 2.50 bits per heavy atom. The molecule has 192 valence electrons. The van der Waals surface area contributed by atoms with Gasteiger partial charge < -0.3 is 5.11 Å². The van der Waals surface area contributed by atoms with Crippen LogP contribution in [-0.4, -0.2) is 22.9 Å². The van der Waals surface area contributed by atoms with Crippen LogP contribution in [0, 0.1) is 58.7 Å². The summed E-state index contributed by atoms with van der Waals surface area (Å²) < 4.78 is 0. The van der Waals surface area contributed by atoms with Crippen molar-refractivity contribution in [1.29, 1.82) is 0 Å². The van der Waals surface area contributed by atoms with E-state index in [2.05, 4.69) is 26.8 Å². The molecule has 0 unspecified atom stereocenters. The Morgan fingerprint density at radius 1 is 1.08 bits per heavy atom. The number of anilines is 1. The Labute approximate surface area is 214 Å². The van der Waals surface area contributed by atoms with Crippen LogP contribution in [0.25, 0.3) is 0 Å². The summed E-state index contributed by atoms with van der Waals surface area (Å²) in [6.07, 6.45) is 7.58. The third-order valence-electron chi connectivity index (χ3n) is 11.4. The van der Waals surface area contributed by atoms with Gasteiger partial charge in [-0.1, -0.05) is 51.0 Å². The van der Waals surface area contributed by atoms with Crippen molar-refractivity contribution < 1.29 is 19.5 Å². The maximum Gasteiger partial charge on any atom is 0.309 e. The van der Waals surface area contributed by atoms with E-state index in [1.54, 1.807) is 0 Å². The Bertz CT molecular complexity index is 1200. The topological polar surface area (TPSA) is 74.7 Å². The summed E-state index contributed by atoms with van der Waals surface area (Å²) in [7, 11) is 0. The Morgan fingerprint density at radius 2 is 1.83 bits per heavy atom. The van der Waals surface area contributed by atoms with Crippen molar-refractivity contribution in [3.63, 3.8) is 0 Å². The lowest BCUT2D eigenvalue weighted by Crippen LogP contribution is -2.65. The van der Waals surface area contributed by atoms with Gasteiger partial charge in [0.05, 0.1) is 22.9 Å². The number of carboxylic acids is 1. The molecule has 4 fully saturated rings. The first-order chi connectivity index (χ1) is 17.0. The molecule has 6 aliphatic rings. The van der Waals surface area contributed by atoms with Gasteiger partial charge in [-0.15, -0.1) is 0 Å². The van der Waals surface area contributed by atoms with E-state index in [1.807, 2.05) is 38.1 Å². The smallest absolute Gasteiger partial charge is 0.309 e. The lowest BCUT2D eigenvalue weighted by atomic mass is 9.34. The van der Waals surface area contributed by atoms with Crippen LogP contribution in [0.5, 0.6) is 0 Å². The number of fused-ring (bicyclic) bond motifs is 1. The zero-order valence-electron chi connectivity index (χ0n) is 22.2. The van der Waals surface area contributed by atoms with E-state index in [0.29, 0.717) is 11.6 Å². The minimum absolute atomic E-state index is 0.0315. The molecule has 1 spiro atoms. The number of hydrogen-bond donors (Lipinski definition) is 1. The minimum Gasteiger partial charge on any atom is -0.481 e. The third-order valence-corrected chi connectivity index (χ3v) is 11.4. The molecule has 5 aliphatic carbocycles. The third kappa shape index (κ3) is 2.80. The van der Waals surface area contributed by atoms with Gasteiger partial charge in [-0.3, -0.25) is 14.4 Å². The standard InChI is InChI=1S/C31H39NO4/c1-17(2)21-16-31-13-10-22-29(4,11-7-12-30(22,5)28(35)36)23(31)15-20(21)24-25(31)27(34)32(26(24)33)19-9-6-8-18(3)14-19/h6,8-9,14,16-17,20,22-25H,7,10-13,15H2,1-5H3,(H,35,36)/t20-,22+,23+,24-,25-,29+,30+,31+/m0/s1. The maximum atomic E-state index is 14.3. The number of carboxylic acid groups (broad SMARTS) is 1. The highest BCUT2D eigenvalue weighted by Crippen LogP contribution is 2.74. The molecule has 5 nitrogen and oxygen atoms in total. The summed E-state index contributed by atoms with van der Waals surface area (Å²) in [5.41, 5.74) is 1.83. The van der Waals surface area contributed by atoms with Crippen LogP contribution in [0.2, 0.25) is 0 Å². The quantitative estimate of drug-likeness (QED) is 0.417. The highest BCUT2D eigenvalue weighted by Gasteiger charge is 2.73. The van der Waals surface area contributed by atoms with E-state index in [0.717, 1.165) is 44.1 Å². The van der Waals surface area contributed by atoms with Gasteiger partial charge in [0.1, 0.15) is 0 Å². The van der Waals surface area contributed by atoms with Gasteiger partial charge in [-0.2, -0.15) is 0 Å². The molecule has 0 aromatic heterocycles. The van der Waals surface area contributed by atoms with E-state index < -0.39 is 11.4 Å². The van der Waals surface area contributed by atoms with E-state index in [-0.39, 0.29) is 52.2 Å². The van der Waals surface area contributed by atoms with Gasteiger partial charge in [-0.25, -0.2) is 4.90 Å². The molecule has 2 bridgehead atoms. The van der Waals surface area contributed by atoms with Gasteiger partial charge in [-0.05, 0) is 92.7 Å². The Kier molecular flexibility index (Phi) is 5.02. The van der Waals surface area contributed by atoms with Crippen LogP contribution < -0.4 is 4.90 Å². The summed E-state index contributed by atoms with van der Waals surface area (Å²) in [6, 6.07) is 7.73. The van der Waals surface area contributed by atoms with Crippen LogP contribution in [0.1, 0.15) is 71.8 Å². The highest BCUT2D eigenvalue weighted by atomic mass is 16.4. The zero-order chi connectivity index (χ0) is 25.8. The Hall–Kier alpha value is -2.43. The number of imide groups is 1. The maximum absolute atomic E-state index is 14.3. The predicted molar refractivity (Wildman–Crippen MR) is 138 cm³/mol. The van der Waals surface area contributed by atoms with Crippen molar-refractivity contribution in [3.8, 4) is 0 Å². The number of aryl methyl sites for hydroxylation is 1. The second-order valence-corrected chi connectivity index (χ2v) is 13.3. The van der Waals surface area contributed by atoms with Gasteiger partial charge >= 0.3 is 5.97 Å². The predicted octanol–water partition coefficient (Wildman–Crippen LogP) is 6.01. The van der Waals surface area contributed by atoms with Crippen LogP contribution in [0.4, 0.5) is 5.69 Å². The SMILES string of the molecule is Cc1cccc(N2C(=O)[C@@H]3[C@@H](C2=O)[C@]24C=C(C(C)C)[C@@H]3C[C@@H]2[C@]2(C)CCC[C@@](C)(C(=O)O)[C@@H]2CC4)c1. The van der Waals surface area contributed by atoms with Crippen molar-refractivity contribution in [2.24, 2.45) is 51.8 Å². The van der Waals surface area contributed by atoms with Gasteiger partial charge in [0.15, 0.2) is 0 Å². The highest BCUT2D eigenvalue weighted by molar-refractivity contribution is 6.23. The average Bonchev–Trinajstić information content (AvgIpc) is 3.10. The minimum atomic E-state index is -0.724. The number of allylic oxidation sites excluding steroid dienone is 2. The molecule has 1 N–H and O–H groups in total. The molecule has 0 radical (unpaired) electrons. The lowest BCUT2D eigenvalue weighted by Gasteiger charge is -2.68. The van der Waals surface area contributed by atoms with E-state index in [4.69, 9.17) is 0 Å². The fourth-order valence-corrected chi connectivity index (χ4v) is 9.98. The summed E-state index contributed by atoms with van der Waals surface area (Å²) in [5, 5.41) is 10.3. The summed E-state index contributed by atoms with van der Waals surface area (Å²) in [5.74, 6) is -0.679. The van der Waals surface area contributed by atoms with Gasteiger partial charge in [0.2, 0.25) is 11.8 Å². The average molecular weight is 490 g/mol. The number of carbonyl (C=O) groups is 3. The molecule has 3 saturated carbocycles. The van der Waals surface area contributed by atoms with Crippen molar-refractivity contribution in [1.82, 2.24) is 0 Å². The first kappa shape index (κ1) is 23.9. The summed E-state index contributed by atoms with van der Waals surface area (Å²) in [4.78, 5) is 42.3. The van der Waals surface area contributed by atoms with Crippen molar-refractivity contribution >= 4 is 23.5 Å². The number of rotatable bonds is 3. The Balaban J connectivity index is 1.50. The van der Waals surface area contributed by atoms with Crippen molar-refractivity contribution in [2.75, 3.05) is 4.90 Å². The molecule has 1 aromatic rings. The molecule has 5 heteroatoms.